The summed E-state index contributed by atoms with van der Waals surface area (Å²) in [5, 5.41) is 3.45. The summed E-state index contributed by atoms with van der Waals surface area (Å²) in [6.07, 6.45) is 3.43. The average molecular weight is 237 g/mol. The molecule has 1 aliphatic rings. The molecular weight excluding hydrogens is 218 g/mol. The summed E-state index contributed by atoms with van der Waals surface area (Å²) in [5.41, 5.74) is 2.82. The summed E-state index contributed by atoms with van der Waals surface area (Å²) in [4.78, 5) is 0. The second-order valence-corrected chi connectivity index (χ2v) is 4.99. The molecule has 0 amide bonds. The molecule has 0 bridgehead atoms. The molecule has 0 spiro atoms. The fraction of sp³-hybridized carbons (Fsp3) is 0.538. The third kappa shape index (κ3) is 3.00. The Morgan fingerprint density at radius 3 is 3.19 bits per heavy atom. The van der Waals surface area contributed by atoms with Gasteiger partial charge >= 0.3 is 0 Å². The second kappa shape index (κ2) is 6.28. The van der Waals surface area contributed by atoms with Gasteiger partial charge in [-0.15, -0.1) is 0 Å². The van der Waals surface area contributed by atoms with Crippen molar-refractivity contribution in [2.75, 3.05) is 31.7 Å². The van der Waals surface area contributed by atoms with Crippen molar-refractivity contribution in [1.29, 1.82) is 0 Å². The molecule has 0 aliphatic carbocycles. The Bertz CT molecular complexity index is 329. The van der Waals surface area contributed by atoms with E-state index in [0.29, 0.717) is 0 Å². The largest absolute Gasteiger partial charge is 0.372 e. The van der Waals surface area contributed by atoms with E-state index in [-0.39, 0.29) is 6.10 Å². The molecule has 3 heteroatoms. The maximum atomic E-state index is 5.82. The first kappa shape index (κ1) is 12.0. The number of fused-ring (bicyclic) bond motifs is 1. The van der Waals surface area contributed by atoms with E-state index >= 15 is 0 Å². The molecule has 0 radical (unpaired) electrons. The minimum Gasteiger partial charge on any atom is -0.372 e. The highest BCUT2D eigenvalue weighted by molar-refractivity contribution is 7.98. The molecule has 1 N–H and O–H groups in total. The Balaban J connectivity index is 1.91. The van der Waals surface area contributed by atoms with Crippen molar-refractivity contribution >= 4 is 11.8 Å². The van der Waals surface area contributed by atoms with Crippen LogP contribution in [-0.2, 0) is 11.2 Å². The molecular formula is C13H19NOS. The van der Waals surface area contributed by atoms with Crippen molar-refractivity contribution in [3.8, 4) is 0 Å². The molecule has 1 aromatic carbocycles. The van der Waals surface area contributed by atoms with E-state index in [1.54, 1.807) is 0 Å². The van der Waals surface area contributed by atoms with Crippen LogP contribution in [0, 0.1) is 0 Å². The van der Waals surface area contributed by atoms with Gasteiger partial charge in [-0.25, -0.2) is 0 Å². The predicted molar refractivity (Wildman–Crippen MR) is 70.1 cm³/mol. The summed E-state index contributed by atoms with van der Waals surface area (Å²) >= 11 is 1.87. The van der Waals surface area contributed by atoms with Crippen LogP contribution in [0.1, 0.15) is 17.2 Å². The number of nitrogens with one attached hydrogen (secondary N) is 1. The third-order valence-electron chi connectivity index (χ3n) is 2.91. The van der Waals surface area contributed by atoms with Gasteiger partial charge in [-0.05, 0) is 23.8 Å². The fourth-order valence-electron chi connectivity index (χ4n) is 2.05. The molecule has 0 fully saturated rings. The lowest BCUT2D eigenvalue weighted by Crippen LogP contribution is -2.28. The first-order valence-electron chi connectivity index (χ1n) is 5.81. The maximum Gasteiger partial charge on any atom is 0.0952 e. The zero-order chi connectivity index (χ0) is 11.2. The van der Waals surface area contributed by atoms with Crippen LogP contribution in [0.5, 0.6) is 0 Å². The number of thioether (sulfide) groups is 1. The summed E-state index contributed by atoms with van der Waals surface area (Å²) in [6, 6.07) is 8.62. The molecule has 2 rings (SSSR count). The van der Waals surface area contributed by atoms with Crippen molar-refractivity contribution in [2.24, 2.45) is 0 Å². The van der Waals surface area contributed by atoms with Crippen LogP contribution in [0.4, 0.5) is 0 Å². The van der Waals surface area contributed by atoms with Gasteiger partial charge in [-0.3, -0.25) is 0 Å². The minimum atomic E-state index is 0.242. The lowest BCUT2D eigenvalue weighted by atomic mass is 9.98. The monoisotopic (exact) mass is 237 g/mol. The maximum absolute atomic E-state index is 5.82. The molecule has 16 heavy (non-hydrogen) atoms. The minimum absolute atomic E-state index is 0.242. The predicted octanol–water partition coefficient (Wildman–Crippen LogP) is 2.25. The summed E-state index contributed by atoms with van der Waals surface area (Å²) in [7, 11) is 0. The lowest BCUT2D eigenvalue weighted by Gasteiger charge is -2.26. The SMILES string of the molecule is CSCCNCC1OCCc2ccccc21. The van der Waals surface area contributed by atoms with E-state index in [1.807, 2.05) is 11.8 Å². The third-order valence-corrected chi connectivity index (χ3v) is 3.52. The molecule has 1 heterocycles. The van der Waals surface area contributed by atoms with Crippen LogP contribution in [0.15, 0.2) is 24.3 Å². The number of hydrogen-bond donors (Lipinski definition) is 1. The van der Waals surface area contributed by atoms with Gasteiger partial charge in [0, 0.05) is 18.8 Å². The van der Waals surface area contributed by atoms with E-state index in [2.05, 4.69) is 35.8 Å². The van der Waals surface area contributed by atoms with E-state index in [1.165, 1.54) is 11.1 Å². The van der Waals surface area contributed by atoms with Crippen molar-refractivity contribution < 1.29 is 4.74 Å². The van der Waals surface area contributed by atoms with Gasteiger partial charge in [0.25, 0.3) is 0 Å². The molecule has 1 unspecified atom stereocenters. The van der Waals surface area contributed by atoms with Crippen LogP contribution in [0.25, 0.3) is 0 Å². The van der Waals surface area contributed by atoms with Crippen LogP contribution in [0.2, 0.25) is 0 Å². The summed E-state index contributed by atoms with van der Waals surface area (Å²) in [6.45, 7) is 2.84. The van der Waals surface area contributed by atoms with Gasteiger partial charge in [0.15, 0.2) is 0 Å². The van der Waals surface area contributed by atoms with Gasteiger partial charge < -0.3 is 10.1 Å². The molecule has 1 aliphatic heterocycles. The average Bonchev–Trinajstić information content (AvgIpc) is 2.35. The highest BCUT2D eigenvalue weighted by Gasteiger charge is 2.19. The van der Waals surface area contributed by atoms with E-state index in [0.717, 1.165) is 31.9 Å². The van der Waals surface area contributed by atoms with Crippen molar-refractivity contribution in [2.45, 2.75) is 12.5 Å². The first-order chi connectivity index (χ1) is 7.92. The number of ether oxygens (including phenoxy) is 1. The summed E-state index contributed by atoms with van der Waals surface area (Å²) in [5.74, 6) is 1.16. The topological polar surface area (TPSA) is 21.3 Å². The fourth-order valence-corrected chi connectivity index (χ4v) is 2.40. The normalized spacial score (nSPS) is 19.4. The molecule has 0 aromatic heterocycles. The standard InChI is InChI=1S/C13H19NOS/c1-16-9-7-14-10-13-12-5-3-2-4-11(12)6-8-15-13/h2-5,13-14H,6-10H2,1H3. The van der Waals surface area contributed by atoms with Gasteiger partial charge in [0.1, 0.15) is 0 Å². The Labute approximate surface area is 102 Å². The zero-order valence-electron chi connectivity index (χ0n) is 9.74. The number of rotatable bonds is 5. The van der Waals surface area contributed by atoms with Crippen molar-refractivity contribution in [1.82, 2.24) is 5.32 Å². The van der Waals surface area contributed by atoms with Gasteiger partial charge in [0.05, 0.1) is 12.7 Å². The number of hydrogen-bond acceptors (Lipinski definition) is 3. The Kier molecular flexibility index (Phi) is 4.69. The molecule has 0 saturated carbocycles. The van der Waals surface area contributed by atoms with E-state index < -0.39 is 0 Å². The molecule has 88 valence electrons. The van der Waals surface area contributed by atoms with Crippen LogP contribution in [0.3, 0.4) is 0 Å². The van der Waals surface area contributed by atoms with E-state index in [4.69, 9.17) is 4.74 Å². The first-order valence-corrected chi connectivity index (χ1v) is 7.20. The van der Waals surface area contributed by atoms with Crippen LogP contribution in [-0.4, -0.2) is 31.7 Å². The smallest absolute Gasteiger partial charge is 0.0952 e. The van der Waals surface area contributed by atoms with Crippen molar-refractivity contribution in [3.63, 3.8) is 0 Å². The van der Waals surface area contributed by atoms with Crippen LogP contribution < -0.4 is 5.32 Å². The molecule has 1 aromatic rings. The molecule has 1 atom stereocenters. The lowest BCUT2D eigenvalue weighted by molar-refractivity contribution is 0.0430. The van der Waals surface area contributed by atoms with Crippen molar-refractivity contribution in [3.05, 3.63) is 35.4 Å². The van der Waals surface area contributed by atoms with Gasteiger partial charge in [-0.2, -0.15) is 11.8 Å². The number of benzene rings is 1. The second-order valence-electron chi connectivity index (χ2n) is 4.01. The molecule has 0 saturated heterocycles. The Morgan fingerprint density at radius 1 is 1.44 bits per heavy atom. The quantitative estimate of drug-likeness (QED) is 0.794. The summed E-state index contributed by atoms with van der Waals surface area (Å²) < 4.78 is 5.82. The Hall–Kier alpha value is -0.510. The Morgan fingerprint density at radius 2 is 2.31 bits per heavy atom. The highest BCUT2D eigenvalue weighted by Crippen LogP contribution is 2.25. The highest BCUT2D eigenvalue weighted by atomic mass is 32.2. The van der Waals surface area contributed by atoms with Gasteiger partial charge in [-0.1, -0.05) is 24.3 Å². The van der Waals surface area contributed by atoms with Crippen LogP contribution >= 0.6 is 11.8 Å². The zero-order valence-corrected chi connectivity index (χ0v) is 10.6. The van der Waals surface area contributed by atoms with E-state index in [9.17, 15) is 0 Å². The molecule has 2 nitrogen and oxygen atoms in total. The van der Waals surface area contributed by atoms with Gasteiger partial charge in [0.2, 0.25) is 0 Å².